The Hall–Kier alpha value is -2.18. The van der Waals surface area contributed by atoms with Gasteiger partial charge in [-0.3, -0.25) is 9.59 Å². The molecule has 0 saturated heterocycles. The van der Waals surface area contributed by atoms with Crippen molar-refractivity contribution in [3.8, 4) is 0 Å². The van der Waals surface area contributed by atoms with Crippen LogP contribution in [0.1, 0.15) is 37.4 Å². The lowest BCUT2D eigenvalue weighted by Gasteiger charge is -2.26. The van der Waals surface area contributed by atoms with E-state index >= 15 is 0 Å². The molecule has 0 aliphatic carbocycles. The average molecular weight is 413 g/mol. The van der Waals surface area contributed by atoms with Gasteiger partial charge in [0.2, 0.25) is 0 Å². The van der Waals surface area contributed by atoms with E-state index in [-0.39, 0.29) is 11.8 Å². The highest BCUT2D eigenvalue weighted by Crippen LogP contribution is 2.48. The number of rotatable bonds is 6. The van der Waals surface area contributed by atoms with Gasteiger partial charge in [0, 0.05) is 13.1 Å². The number of carbonyl (C=O) groups excluding carboxylic acids is 2. The fourth-order valence-corrected chi connectivity index (χ4v) is 5.38. The Morgan fingerprint density at radius 3 is 1.43 bits per heavy atom. The second kappa shape index (κ2) is 7.33. The number of fused-ring (bicyclic) bond motifs is 1. The van der Waals surface area contributed by atoms with Crippen molar-refractivity contribution in [2.24, 2.45) is 11.8 Å². The molecule has 0 bridgehead atoms. The Labute approximate surface area is 173 Å². The normalized spacial score (nSPS) is 17.2. The first-order chi connectivity index (χ1) is 13.4. The van der Waals surface area contributed by atoms with Crippen molar-refractivity contribution in [2.45, 2.75) is 27.7 Å². The van der Waals surface area contributed by atoms with Crippen molar-refractivity contribution >= 4 is 45.9 Å². The zero-order valence-electron chi connectivity index (χ0n) is 16.6. The first-order valence-corrected chi connectivity index (χ1v) is 11.4. The van der Waals surface area contributed by atoms with Crippen LogP contribution in [0.3, 0.4) is 0 Å². The minimum atomic E-state index is -0.0462. The van der Waals surface area contributed by atoms with Gasteiger partial charge in [-0.15, -0.1) is 22.7 Å². The zero-order valence-corrected chi connectivity index (χ0v) is 18.2. The maximum Gasteiger partial charge on any atom is 0.261 e. The van der Waals surface area contributed by atoms with E-state index in [4.69, 9.17) is 0 Å². The molecule has 0 radical (unpaired) electrons. The van der Waals surface area contributed by atoms with Crippen LogP contribution in [0.2, 0.25) is 0 Å². The van der Waals surface area contributed by atoms with Crippen LogP contribution >= 0.6 is 22.7 Å². The summed E-state index contributed by atoms with van der Waals surface area (Å²) in [6.07, 6.45) is 0. The summed E-state index contributed by atoms with van der Waals surface area (Å²) in [5.74, 6) is 0.530. The number of hydrogen-bond acceptors (Lipinski definition) is 4. The fraction of sp³-hybridized carbons (Fsp3) is 0.364. The summed E-state index contributed by atoms with van der Waals surface area (Å²) >= 11 is 3.15. The molecule has 4 heterocycles. The maximum absolute atomic E-state index is 13.6. The lowest BCUT2D eigenvalue weighted by atomic mass is 10.1. The van der Waals surface area contributed by atoms with E-state index < -0.39 is 0 Å². The second-order valence-electron chi connectivity index (χ2n) is 8.02. The van der Waals surface area contributed by atoms with Crippen LogP contribution in [0.25, 0.3) is 11.4 Å². The van der Waals surface area contributed by atoms with E-state index in [1.54, 1.807) is 22.7 Å². The number of carbonyl (C=O) groups is 2. The third-order valence-corrected chi connectivity index (χ3v) is 6.54. The molecule has 4 rings (SSSR count). The van der Waals surface area contributed by atoms with Gasteiger partial charge in [0.15, 0.2) is 0 Å². The molecule has 2 aromatic heterocycles. The molecule has 4 nitrogen and oxygen atoms in total. The number of nitrogens with zero attached hydrogens (tertiary/aromatic N) is 2. The molecule has 2 aliphatic rings. The van der Waals surface area contributed by atoms with Gasteiger partial charge in [0.1, 0.15) is 0 Å². The number of amides is 2. The molecule has 2 amide bonds. The Morgan fingerprint density at radius 2 is 1.14 bits per heavy atom. The third-order valence-electron chi connectivity index (χ3n) is 4.79. The highest BCUT2D eigenvalue weighted by molar-refractivity contribution is 7.11. The van der Waals surface area contributed by atoms with Crippen LogP contribution in [0.5, 0.6) is 0 Å². The van der Waals surface area contributed by atoms with E-state index in [0.29, 0.717) is 36.1 Å². The second-order valence-corrected chi connectivity index (χ2v) is 9.92. The SMILES string of the molecule is CC(C)CN1C(=O)C2=C(c3cccs3)N(CC(C)C)C(=O)C2=C1c1cccs1. The van der Waals surface area contributed by atoms with Gasteiger partial charge in [0.25, 0.3) is 11.8 Å². The summed E-state index contributed by atoms with van der Waals surface area (Å²) in [6.45, 7) is 9.60. The van der Waals surface area contributed by atoms with E-state index in [1.165, 1.54) is 0 Å². The van der Waals surface area contributed by atoms with Crippen LogP contribution < -0.4 is 0 Å². The fourth-order valence-electron chi connectivity index (χ4n) is 3.81. The van der Waals surface area contributed by atoms with Gasteiger partial charge in [-0.05, 0) is 34.7 Å². The van der Waals surface area contributed by atoms with E-state index in [9.17, 15) is 9.59 Å². The van der Waals surface area contributed by atoms with Crippen molar-refractivity contribution in [1.29, 1.82) is 0 Å². The summed E-state index contributed by atoms with van der Waals surface area (Å²) in [5, 5.41) is 3.99. The van der Waals surface area contributed by atoms with Crippen LogP contribution in [0.15, 0.2) is 46.2 Å². The molecule has 2 aromatic rings. The highest BCUT2D eigenvalue weighted by Gasteiger charge is 2.49. The Balaban J connectivity index is 1.96. The smallest absolute Gasteiger partial charge is 0.261 e. The highest BCUT2D eigenvalue weighted by atomic mass is 32.1. The van der Waals surface area contributed by atoms with E-state index in [1.807, 2.05) is 44.8 Å². The summed E-state index contributed by atoms with van der Waals surface area (Å²) in [4.78, 5) is 32.7. The molecular formula is C22H24N2O2S2. The first-order valence-electron chi connectivity index (χ1n) is 9.60. The summed E-state index contributed by atoms with van der Waals surface area (Å²) in [6, 6.07) is 7.94. The molecule has 0 fully saturated rings. The summed E-state index contributed by atoms with van der Waals surface area (Å²) in [5.41, 5.74) is 2.73. The third kappa shape index (κ3) is 3.05. The summed E-state index contributed by atoms with van der Waals surface area (Å²) < 4.78 is 0. The minimum Gasteiger partial charge on any atom is -0.306 e. The number of thiophene rings is 2. The molecule has 0 unspecified atom stereocenters. The molecule has 2 aliphatic heterocycles. The van der Waals surface area contributed by atoms with Crippen molar-refractivity contribution in [2.75, 3.05) is 13.1 Å². The predicted molar refractivity (Wildman–Crippen MR) is 116 cm³/mol. The van der Waals surface area contributed by atoms with Crippen LogP contribution in [0.4, 0.5) is 0 Å². The molecular weight excluding hydrogens is 388 g/mol. The lowest BCUT2D eigenvalue weighted by molar-refractivity contribution is -0.124. The Morgan fingerprint density at radius 1 is 0.750 bits per heavy atom. The molecule has 146 valence electrons. The topological polar surface area (TPSA) is 40.6 Å². The molecule has 0 saturated carbocycles. The van der Waals surface area contributed by atoms with Crippen molar-refractivity contribution in [3.05, 3.63) is 55.9 Å². The standard InChI is InChI=1S/C22H24N2O2S2/c1-13(2)11-23-19(15-7-5-9-27-15)17-18(21(23)25)20(16-8-6-10-28-16)24(22(17)26)12-14(3)4/h5-10,13-14H,11-12H2,1-4H3. The molecule has 0 aromatic carbocycles. The van der Waals surface area contributed by atoms with Gasteiger partial charge < -0.3 is 9.80 Å². The molecule has 28 heavy (non-hydrogen) atoms. The first kappa shape index (κ1) is 19.2. The van der Waals surface area contributed by atoms with E-state index in [0.717, 1.165) is 21.1 Å². The van der Waals surface area contributed by atoms with Crippen LogP contribution in [-0.4, -0.2) is 34.7 Å². The molecule has 0 N–H and O–H groups in total. The molecule has 6 heteroatoms. The predicted octanol–water partition coefficient (Wildman–Crippen LogP) is 4.93. The van der Waals surface area contributed by atoms with Gasteiger partial charge in [-0.2, -0.15) is 0 Å². The van der Waals surface area contributed by atoms with Crippen molar-refractivity contribution < 1.29 is 9.59 Å². The van der Waals surface area contributed by atoms with Gasteiger partial charge in [-0.25, -0.2) is 0 Å². The van der Waals surface area contributed by atoms with Crippen LogP contribution in [-0.2, 0) is 9.59 Å². The minimum absolute atomic E-state index is 0.0462. The van der Waals surface area contributed by atoms with Gasteiger partial charge in [0.05, 0.1) is 32.3 Å². The quantitative estimate of drug-likeness (QED) is 0.675. The Bertz CT molecular complexity index is 886. The largest absolute Gasteiger partial charge is 0.306 e. The Kier molecular flexibility index (Phi) is 5.02. The maximum atomic E-state index is 13.6. The zero-order chi connectivity index (χ0) is 20.0. The molecule has 0 atom stereocenters. The summed E-state index contributed by atoms with van der Waals surface area (Å²) in [7, 11) is 0. The van der Waals surface area contributed by atoms with Gasteiger partial charge >= 0.3 is 0 Å². The van der Waals surface area contributed by atoms with Crippen molar-refractivity contribution in [1.82, 2.24) is 9.80 Å². The van der Waals surface area contributed by atoms with Crippen molar-refractivity contribution in [3.63, 3.8) is 0 Å². The van der Waals surface area contributed by atoms with E-state index in [2.05, 4.69) is 27.7 Å². The molecule has 0 spiro atoms. The number of hydrogen-bond donors (Lipinski definition) is 0. The van der Waals surface area contributed by atoms with Gasteiger partial charge in [-0.1, -0.05) is 39.8 Å². The monoisotopic (exact) mass is 412 g/mol. The van der Waals surface area contributed by atoms with Crippen LogP contribution in [0, 0.1) is 11.8 Å². The average Bonchev–Trinajstić information content (AvgIpc) is 3.39. The lowest BCUT2D eigenvalue weighted by Crippen LogP contribution is -2.33.